The number of carbonyl (C=O) groups is 1. The molecular weight excluding hydrogens is 388 g/mol. The van der Waals surface area contributed by atoms with Crippen molar-refractivity contribution in [3.8, 4) is 0 Å². The van der Waals surface area contributed by atoms with E-state index in [0.29, 0.717) is 29.5 Å². The Morgan fingerprint density at radius 2 is 2.00 bits per heavy atom. The molecule has 1 fully saturated rings. The maximum Gasteiger partial charge on any atom is 0.312 e. The van der Waals surface area contributed by atoms with Gasteiger partial charge in [0.25, 0.3) is 5.89 Å². The highest BCUT2D eigenvalue weighted by atomic mass is 16.6. The average molecular weight is 427 g/mol. The number of fused-ring (bicyclic) bond motifs is 3. The molecule has 170 valence electrons. The summed E-state index contributed by atoms with van der Waals surface area (Å²) in [5.41, 5.74) is 2.75. The normalized spacial score (nSPS) is 32.9. The number of hydrogen-bond acceptors (Lipinski definition) is 5. The van der Waals surface area contributed by atoms with Crippen molar-refractivity contribution in [3.63, 3.8) is 0 Å². The van der Waals surface area contributed by atoms with Crippen LogP contribution in [0.3, 0.4) is 0 Å². The minimum atomic E-state index is -0.474. The van der Waals surface area contributed by atoms with Gasteiger partial charge in [-0.15, -0.1) is 0 Å². The van der Waals surface area contributed by atoms with E-state index in [-0.39, 0.29) is 23.9 Å². The van der Waals surface area contributed by atoms with Crippen LogP contribution in [0.25, 0.3) is 0 Å². The molecule has 0 bridgehead atoms. The largest absolute Gasteiger partial charge is 0.455 e. The maximum absolute atomic E-state index is 13.4. The third-order valence-electron chi connectivity index (χ3n) is 8.37. The molecule has 0 radical (unpaired) electrons. The van der Waals surface area contributed by atoms with Crippen molar-refractivity contribution < 1.29 is 14.1 Å². The number of esters is 1. The van der Waals surface area contributed by atoms with E-state index < -0.39 is 5.41 Å². The van der Waals surface area contributed by atoms with Crippen molar-refractivity contribution in [3.05, 3.63) is 35.0 Å². The van der Waals surface area contributed by atoms with Crippen LogP contribution in [0, 0.1) is 28.6 Å². The molecule has 5 nitrogen and oxygen atoms in total. The van der Waals surface area contributed by atoms with E-state index in [1.54, 1.807) is 5.57 Å². The lowest BCUT2D eigenvalue weighted by Crippen LogP contribution is -2.53. The number of carbonyl (C=O) groups excluding carboxylic acids is 1. The van der Waals surface area contributed by atoms with Crippen molar-refractivity contribution >= 4 is 5.97 Å². The molecule has 4 atom stereocenters. The zero-order chi connectivity index (χ0) is 22.4. The van der Waals surface area contributed by atoms with Crippen LogP contribution in [-0.4, -0.2) is 16.1 Å². The number of nitrogens with zero attached hydrogens (tertiary/aromatic N) is 2. The fourth-order valence-corrected chi connectivity index (χ4v) is 6.44. The number of allylic oxidation sites excluding steroid dienone is 4. The Labute approximate surface area is 186 Å². The monoisotopic (exact) mass is 426 g/mol. The van der Waals surface area contributed by atoms with Gasteiger partial charge >= 0.3 is 5.97 Å². The quantitative estimate of drug-likeness (QED) is 0.512. The van der Waals surface area contributed by atoms with E-state index in [1.807, 2.05) is 13.8 Å². The first-order valence-electron chi connectivity index (χ1n) is 12.1. The Morgan fingerprint density at radius 3 is 2.68 bits per heavy atom. The van der Waals surface area contributed by atoms with Gasteiger partial charge in [-0.25, -0.2) is 0 Å². The summed E-state index contributed by atoms with van der Waals surface area (Å²) in [5, 5.41) is 3.97. The molecule has 0 saturated heterocycles. The maximum atomic E-state index is 13.4. The van der Waals surface area contributed by atoms with Crippen molar-refractivity contribution in [2.45, 2.75) is 92.6 Å². The molecule has 31 heavy (non-hydrogen) atoms. The third-order valence-corrected chi connectivity index (χ3v) is 8.37. The van der Waals surface area contributed by atoms with E-state index in [1.165, 1.54) is 24.8 Å². The Hall–Kier alpha value is -1.91. The van der Waals surface area contributed by atoms with Gasteiger partial charge in [-0.05, 0) is 67.8 Å². The molecule has 5 heteroatoms. The zero-order valence-corrected chi connectivity index (χ0v) is 20.0. The second kappa shape index (κ2) is 8.22. The van der Waals surface area contributed by atoms with Gasteiger partial charge in [0.05, 0.1) is 5.41 Å². The van der Waals surface area contributed by atoms with Crippen molar-refractivity contribution in [2.24, 2.45) is 28.6 Å². The summed E-state index contributed by atoms with van der Waals surface area (Å²) in [4.78, 5) is 17.7. The summed E-state index contributed by atoms with van der Waals surface area (Å²) in [5.74, 6) is 2.57. The van der Waals surface area contributed by atoms with Crippen molar-refractivity contribution in [1.29, 1.82) is 0 Å². The van der Waals surface area contributed by atoms with Crippen molar-refractivity contribution in [2.75, 3.05) is 0 Å². The minimum Gasteiger partial charge on any atom is -0.455 e. The standard InChI is InChI=1S/C26H38N2O3/c1-16(2)18-8-10-20-19(14-18)9-11-21-25(20,5)12-7-13-26(21,6)24(29)30-15-22-27-23(17(3)4)28-31-22/h9,14,16-17,20-21H,7-8,10-13,15H2,1-6H3/t20-,21+,25+,26+/m0/s1. The molecule has 0 N–H and O–H groups in total. The molecule has 1 aromatic heterocycles. The molecule has 0 spiro atoms. The van der Waals surface area contributed by atoms with E-state index in [9.17, 15) is 4.79 Å². The van der Waals surface area contributed by atoms with Gasteiger partial charge in [0.2, 0.25) is 0 Å². The average Bonchev–Trinajstić information content (AvgIpc) is 3.21. The summed E-state index contributed by atoms with van der Waals surface area (Å²) in [6.45, 7) is 13.2. The van der Waals surface area contributed by atoms with Gasteiger partial charge in [0.1, 0.15) is 0 Å². The summed E-state index contributed by atoms with van der Waals surface area (Å²) >= 11 is 0. The fraction of sp³-hybridized carbons (Fsp3) is 0.731. The van der Waals surface area contributed by atoms with E-state index in [0.717, 1.165) is 19.3 Å². The molecular formula is C26H38N2O3. The summed E-state index contributed by atoms with van der Waals surface area (Å²) in [7, 11) is 0. The first kappa shape index (κ1) is 22.3. The number of hydrogen-bond donors (Lipinski definition) is 0. The third kappa shape index (κ3) is 3.89. The first-order valence-corrected chi connectivity index (χ1v) is 12.1. The molecule has 0 aliphatic heterocycles. The molecule has 4 rings (SSSR count). The topological polar surface area (TPSA) is 65.2 Å². The number of rotatable bonds is 5. The lowest BCUT2D eigenvalue weighted by molar-refractivity contribution is -0.171. The van der Waals surface area contributed by atoms with Crippen LogP contribution in [0.5, 0.6) is 0 Å². The molecule has 0 unspecified atom stereocenters. The molecule has 0 aromatic carbocycles. The Bertz CT molecular complexity index is 896. The predicted octanol–water partition coefficient (Wildman–Crippen LogP) is 6.37. The van der Waals surface area contributed by atoms with Crippen LogP contribution in [0.15, 0.2) is 27.8 Å². The SMILES string of the molecule is CC(C)C1=CC2=CC[C@@H]3[C@](C)(CCC[C@@]3(C)C(=O)OCc3nc(C(C)C)no3)[C@H]2CC1. The lowest BCUT2D eigenvalue weighted by atomic mass is 9.47. The molecule has 1 aromatic rings. The smallest absolute Gasteiger partial charge is 0.312 e. The number of ether oxygens (including phenoxy) is 1. The minimum absolute atomic E-state index is 0.0581. The highest BCUT2D eigenvalue weighted by Gasteiger charge is 2.57. The molecule has 1 heterocycles. The van der Waals surface area contributed by atoms with Crippen LogP contribution in [0.4, 0.5) is 0 Å². The molecule has 1 saturated carbocycles. The van der Waals surface area contributed by atoms with Crippen LogP contribution in [-0.2, 0) is 16.1 Å². The lowest BCUT2D eigenvalue weighted by Gasteiger charge is -2.57. The molecule has 3 aliphatic carbocycles. The van der Waals surface area contributed by atoms with E-state index in [4.69, 9.17) is 9.26 Å². The second-order valence-electron chi connectivity index (χ2n) is 11.0. The van der Waals surface area contributed by atoms with E-state index >= 15 is 0 Å². The number of aromatic nitrogens is 2. The Morgan fingerprint density at radius 1 is 1.23 bits per heavy atom. The van der Waals surface area contributed by atoms with Gasteiger partial charge in [-0.3, -0.25) is 4.79 Å². The van der Waals surface area contributed by atoms with Crippen molar-refractivity contribution in [1.82, 2.24) is 10.1 Å². The first-order chi connectivity index (χ1) is 14.6. The highest BCUT2D eigenvalue weighted by molar-refractivity contribution is 5.77. The van der Waals surface area contributed by atoms with Gasteiger partial charge in [0, 0.05) is 5.92 Å². The second-order valence-corrected chi connectivity index (χ2v) is 11.0. The fourth-order valence-electron chi connectivity index (χ4n) is 6.44. The van der Waals surface area contributed by atoms with Crippen LogP contribution >= 0.6 is 0 Å². The van der Waals surface area contributed by atoms with Crippen LogP contribution < -0.4 is 0 Å². The summed E-state index contributed by atoms with van der Waals surface area (Å²) in [6.07, 6.45) is 11.4. The Balaban J connectivity index is 1.53. The van der Waals surface area contributed by atoms with Crippen LogP contribution in [0.1, 0.15) is 97.7 Å². The van der Waals surface area contributed by atoms with Gasteiger partial charge in [-0.2, -0.15) is 4.98 Å². The molecule has 3 aliphatic rings. The zero-order valence-electron chi connectivity index (χ0n) is 20.0. The van der Waals surface area contributed by atoms with Gasteiger partial charge < -0.3 is 9.26 Å². The van der Waals surface area contributed by atoms with E-state index in [2.05, 4.69) is 50.0 Å². The highest BCUT2D eigenvalue weighted by Crippen LogP contribution is 2.62. The van der Waals surface area contributed by atoms with Crippen LogP contribution in [0.2, 0.25) is 0 Å². The summed E-state index contributed by atoms with van der Waals surface area (Å²) < 4.78 is 11.0. The Kier molecular flexibility index (Phi) is 5.91. The van der Waals surface area contributed by atoms with Gasteiger partial charge in [0.15, 0.2) is 12.4 Å². The van der Waals surface area contributed by atoms with Gasteiger partial charge in [-0.1, -0.05) is 63.9 Å². The summed E-state index contributed by atoms with van der Waals surface area (Å²) in [6, 6.07) is 0. The predicted molar refractivity (Wildman–Crippen MR) is 120 cm³/mol. The molecule has 0 amide bonds.